The SMILES string of the molecule is COc1cc(CC(C)(CN)N(C)C)cc(OC)c1OC. The number of hydrogen-bond donors (Lipinski definition) is 1. The van der Waals surface area contributed by atoms with Crippen LogP contribution < -0.4 is 19.9 Å². The monoisotopic (exact) mass is 282 g/mol. The minimum absolute atomic E-state index is 0.120. The Labute approximate surface area is 121 Å². The van der Waals surface area contributed by atoms with Crippen molar-refractivity contribution in [2.24, 2.45) is 5.73 Å². The Kier molecular flexibility index (Phi) is 5.65. The predicted octanol–water partition coefficient (Wildman–Crippen LogP) is 1.53. The molecular formula is C15H26N2O3. The van der Waals surface area contributed by atoms with Crippen molar-refractivity contribution in [2.45, 2.75) is 18.9 Å². The van der Waals surface area contributed by atoms with E-state index in [2.05, 4.69) is 11.8 Å². The number of methoxy groups -OCH3 is 3. The second-order valence-corrected chi connectivity index (χ2v) is 5.31. The maximum absolute atomic E-state index is 5.92. The fraction of sp³-hybridized carbons (Fsp3) is 0.600. The van der Waals surface area contributed by atoms with Gasteiger partial charge in [0, 0.05) is 12.1 Å². The van der Waals surface area contributed by atoms with Crippen molar-refractivity contribution in [3.8, 4) is 17.2 Å². The molecule has 0 heterocycles. The molecule has 1 aromatic carbocycles. The number of nitrogens with two attached hydrogens (primary N) is 1. The number of rotatable bonds is 7. The number of benzene rings is 1. The highest BCUT2D eigenvalue weighted by Crippen LogP contribution is 2.39. The highest BCUT2D eigenvalue weighted by Gasteiger charge is 2.26. The molecule has 0 amide bonds. The first-order valence-corrected chi connectivity index (χ1v) is 6.58. The standard InChI is InChI=1S/C15H26N2O3/c1-15(10-16,17(2)3)9-11-7-12(18-4)14(20-6)13(8-11)19-5/h7-8H,9-10,16H2,1-6H3. The van der Waals surface area contributed by atoms with Crippen LogP contribution in [0.5, 0.6) is 17.2 Å². The fourth-order valence-corrected chi connectivity index (χ4v) is 2.09. The van der Waals surface area contributed by atoms with Crippen molar-refractivity contribution in [3.63, 3.8) is 0 Å². The maximum atomic E-state index is 5.92. The molecule has 5 heteroatoms. The van der Waals surface area contributed by atoms with Gasteiger partial charge in [-0.3, -0.25) is 0 Å². The van der Waals surface area contributed by atoms with Crippen LogP contribution in [0.3, 0.4) is 0 Å². The van der Waals surface area contributed by atoms with E-state index in [1.54, 1.807) is 21.3 Å². The van der Waals surface area contributed by atoms with Crippen molar-refractivity contribution in [2.75, 3.05) is 42.0 Å². The Morgan fingerprint density at radius 3 is 1.85 bits per heavy atom. The Balaban J connectivity index is 3.20. The van der Waals surface area contributed by atoms with Crippen molar-refractivity contribution in [1.82, 2.24) is 4.90 Å². The van der Waals surface area contributed by atoms with E-state index in [0.29, 0.717) is 23.8 Å². The van der Waals surface area contributed by atoms with Crippen molar-refractivity contribution >= 4 is 0 Å². The van der Waals surface area contributed by atoms with Gasteiger partial charge in [-0.25, -0.2) is 0 Å². The van der Waals surface area contributed by atoms with E-state index < -0.39 is 0 Å². The molecule has 0 bridgehead atoms. The summed E-state index contributed by atoms with van der Waals surface area (Å²) < 4.78 is 16.1. The van der Waals surface area contributed by atoms with E-state index in [1.165, 1.54) is 0 Å². The summed E-state index contributed by atoms with van der Waals surface area (Å²) in [5.41, 5.74) is 6.90. The summed E-state index contributed by atoms with van der Waals surface area (Å²) in [6, 6.07) is 3.94. The van der Waals surface area contributed by atoms with E-state index in [1.807, 2.05) is 26.2 Å². The van der Waals surface area contributed by atoms with Crippen LogP contribution in [0.2, 0.25) is 0 Å². The molecule has 114 valence electrons. The average molecular weight is 282 g/mol. The van der Waals surface area contributed by atoms with Crippen LogP contribution in [-0.4, -0.2) is 52.4 Å². The second kappa shape index (κ2) is 6.81. The van der Waals surface area contributed by atoms with E-state index >= 15 is 0 Å². The molecule has 0 aliphatic carbocycles. The Bertz CT molecular complexity index is 424. The van der Waals surface area contributed by atoms with E-state index in [4.69, 9.17) is 19.9 Å². The molecule has 1 aromatic rings. The van der Waals surface area contributed by atoms with Gasteiger partial charge < -0.3 is 24.8 Å². The van der Waals surface area contributed by atoms with Crippen LogP contribution in [0.4, 0.5) is 0 Å². The molecule has 0 saturated heterocycles. The average Bonchev–Trinajstić information content (AvgIpc) is 2.45. The fourth-order valence-electron chi connectivity index (χ4n) is 2.09. The van der Waals surface area contributed by atoms with Crippen LogP contribution in [0, 0.1) is 0 Å². The molecule has 1 rings (SSSR count). The van der Waals surface area contributed by atoms with E-state index in [0.717, 1.165) is 12.0 Å². The summed E-state index contributed by atoms with van der Waals surface area (Å²) in [6.07, 6.45) is 0.799. The molecule has 0 radical (unpaired) electrons. The van der Waals surface area contributed by atoms with Gasteiger partial charge in [-0.15, -0.1) is 0 Å². The lowest BCUT2D eigenvalue weighted by Crippen LogP contribution is -2.49. The molecule has 2 N–H and O–H groups in total. The third kappa shape index (κ3) is 3.35. The van der Waals surface area contributed by atoms with Gasteiger partial charge in [0.15, 0.2) is 11.5 Å². The van der Waals surface area contributed by atoms with Gasteiger partial charge in [0.2, 0.25) is 5.75 Å². The van der Waals surface area contributed by atoms with Crippen LogP contribution in [0.25, 0.3) is 0 Å². The smallest absolute Gasteiger partial charge is 0.203 e. The van der Waals surface area contributed by atoms with Gasteiger partial charge in [-0.1, -0.05) is 0 Å². The molecule has 1 unspecified atom stereocenters. The topological polar surface area (TPSA) is 57.0 Å². The van der Waals surface area contributed by atoms with Crippen LogP contribution in [0.1, 0.15) is 12.5 Å². The molecule has 0 fully saturated rings. The number of likely N-dealkylation sites (N-methyl/N-ethyl adjacent to an activating group) is 1. The van der Waals surface area contributed by atoms with Crippen molar-refractivity contribution in [3.05, 3.63) is 17.7 Å². The van der Waals surface area contributed by atoms with Crippen LogP contribution >= 0.6 is 0 Å². The number of hydrogen-bond acceptors (Lipinski definition) is 5. The molecule has 5 nitrogen and oxygen atoms in total. The second-order valence-electron chi connectivity index (χ2n) is 5.31. The molecule has 0 aliphatic heterocycles. The van der Waals surface area contributed by atoms with Crippen molar-refractivity contribution in [1.29, 1.82) is 0 Å². The zero-order valence-electron chi connectivity index (χ0n) is 13.3. The lowest BCUT2D eigenvalue weighted by Gasteiger charge is -2.35. The first kappa shape index (κ1) is 16.6. The summed E-state index contributed by atoms with van der Waals surface area (Å²) in [7, 11) is 8.91. The molecule has 0 aromatic heterocycles. The van der Waals surface area contributed by atoms with E-state index in [9.17, 15) is 0 Å². The van der Waals surface area contributed by atoms with Crippen LogP contribution in [0.15, 0.2) is 12.1 Å². The van der Waals surface area contributed by atoms with Gasteiger partial charge in [0.25, 0.3) is 0 Å². The van der Waals surface area contributed by atoms with Gasteiger partial charge in [-0.05, 0) is 45.1 Å². The van der Waals surface area contributed by atoms with Gasteiger partial charge in [-0.2, -0.15) is 0 Å². The zero-order valence-corrected chi connectivity index (χ0v) is 13.3. The lowest BCUT2D eigenvalue weighted by atomic mass is 9.91. The van der Waals surface area contributed by atoms with Crippen molar-refractivity contribution < 1.29 is 14.2 Å². The van der Waals surface area contributed by atoms with Gasteiger partial charge >= 0.3 is 0 Å². The number of ether oxygens (including phenoxy) is 3. The minimum Gasteiger partial charge on any atom is -0.493 e. The summed E-state index contributed by atoms with van der Waals surface area (Å²) >= 11 is 0. The number of nitrogens with zero attached hydrogens (tertiary/aromatic N) is 1. The molecule has 0 saturated carbocycles. The summed E-state index contributed by atoms with van der Waals surface area (Å²) in [5, 5.41) is 0. The Hall–Kier alpha value is -1.46. The van der Waals surface area contributed by atoms with E-state index in [-0.39, 0.29) is 5.54 Å². The summed E-state index contributed by atoms with van der Waals surface area (Å²) in [6.45, 7) is 2.70. The van der Waals surface area contributed by atoms with Gasteiger partial charge in [0.1, 0.15) is 0 Å². The molecule has 1 atom stereocenters. The quantitative estimate of drug-likeness (QED) is 0.822. The van der Waals surface area contributed by atoms with Gasteiger partial charge in [0.05, 0.1) is 21.3 Å². The molecule has 20 heavy (non-hydrogen) atoms. The summed E-state index contributed by atoms with van der Waals surface area (Å²) in [5.74, 6) is 1.94. The Morgan fingerprint density at radius 1 is 1.05 bits per heavy atom. The Morgan fingerprint density at radius 2 is 1.55 bits per heavy atom. The molecule has 0 spiro atoms. The first-order valence-electron chi connectivity index (χ1n) is 6.58. The van der Waals surface area contributed by atoms with Crippen LogP contribution in [-0.2, 0) is 6.42 Å². The highest BCUT2D eigenvalue weighted by atomic mass is 16.5. The third-order valence-electron chi connectivity index (χ3n) is 3.83. The highest BCUT2D eigenvalue weighted by molar-refractivity contribution is 5.54. The normalized spacial score (nSPS) is 14.0. The molecule has 0 aliphatic rings. The third-order valence-corrected chi connectivity index (χ3v) is 3.83. The first-order chi connectivity index (χ1) is 9.41. The largest absolute Gasteiger partial charge is 0.493 e. The maximum Gasteiger partial charge on any atom is 0.203 e. The minimum atomic E-state index is -0.120. The molecular weight excluding hydrogens is 256 g/mol. The summed E-state index contributed by atoms with van der Waals surface area (Å²) in [4.78, 5) is 2.14. The predicted molar refractivity (Wildman–Crippen MR) is 80.9 cm³/mol. The lowest BCUT2D eigenvalue weighted by molar-refractivity contribution is 0.180. The zero-order chi connectivity index (χ0) is 15.3.